The van der Waals surface area contributed by atoms with Crippen LogP contribution in [0.4, 0.5) is 11.4 Å². The quantitative estimate of drug-likeness (QED) is 0.756. The van der Waals surface area contributed by atoms with Crippen LogP contribution in [0.25, 0.3) is 0 Å². The second-order valence-electron chi connectivity index (χ2n) is 6.24. The van der Waals surface area contributed by atoms with Gasteiger partial charge in [-0.2, -0.15) is 0 Å². The molecular weight excluding hydrogens is 346 g/mol. The first-order chi connectivity index (χ1) is 13.1. The van der Waals surface area contributed by atoms with Crippen molar-refractivity contribution in [3.63, 3.8) is 0 Å². The molecule has 0 radical (unpaired) electrons. The molecule has 1 heterocycles. The summed E-state index contributed by atoms with van der Waals surface area (Å²) >= 11 is 0. The summed E-state index contributed by atoms with van der Waals surface area (Å²) in [5, 5.41) is 2.84. The zero-order chi connectivity index (χ0) is 19.1. The third-order valence-corrected chi connectivity index (χ3v) is 4.22. The molecule has 0 saturated carbocycles. The highest BCUT2D eigenvalue weighted by atomic mass is 16.5. The lowest BCUT2D eigenvalue weighted by Crippen LogP contribution is -2.43. The number of carbonyl (C=O) groups is 2. The predicted octanol–water partition coefficient (Wildman–Crippen LogP) is 1.69. The molecule has 0 bridgehead atoms. The van der Waals surface area contributed by atoms with Crippen molar-refractivity contribution in [3.8, 4) is 5.75 Å². The number of nitrogen functional groups attached to an aromatic ring is 1. The maximum Gasteiger partial charge on any atom is 0.260 e. The predicted molar refractivity (Wildman–Crippen MR) is 103 cm³/mol. The number of carbonyl (C=O) groups excluding carboxylic acids is 2. The number of ether oxygens (including phenoxy) is 2. The fourth-order valence-electron chi connectivity index (χ4n) is 2.75. The van der Waals surface area contributed by atoms with Crippen molar-refractivity contribution in [3.05, 3.63) is 54.1 Å². The average Bonchev–Trinajstić information content (AvgIpc) is 2.69. The van der Waals surface area contributed by atoms with Crippen LogP contribution in [0.3, 0.4) is 0 Å². The average molecular weight is 369 g/mol. The van der Waals surface area contributed by atoms with E-state index in [1.54, 1.807) is 41.3 Å². The number of amides is 2. The summed E-state index contributed by atoms with van der Waals surface area (Å²) in [5.74, 6) is 0.196. The van der Waals surface area contributed by atoms with Crippen LogP contribution in [0.2, 0.25) is 0 Å². The minimum Gasteiger partial charge on any atom is -0.482 e. The smallest absolute Gasteiger partial charge is 0.260 e. The zero-order valence-electron chi connectivity index (χ0n) is 15.0. The van der Waals surface area contributed by atoms with Gasteiger partial charge in [0.2, 0.25) is 5.91 Å². The van der Waals surface area contributed by atoms with Gasteiger partial charge in [-0.1, -0.05) is 24.3 Å². The van der Waals surface area contributed by atoms with E-state index < -0.39 is 0 Å². The molecule has 0 atom stereocenters. The zero-order valence-corrected chi connectivity index (χ0v) is 15.0. The van der Waals surface area contributed by atoms with E-state index in [0.717, 1.165) is 5.56 Å². The molecule has 7 nitrogen and oxygen atoms in total. The molecule has 0 aromatic heterocycles. The van der Waals surface area contributed by atoms with E-state index in [1.807, 2.05) is 12.1 Å². The van der Waals surface area contributed by atoms with Gasteiger partial charge >= 0.3 is 0 Å². The first-order valence-electron chi connectivity index (χ1n) is 8.83. The van der Waals surface area contributed by atoms with Gasteiger partial charge in [0.05, 0.1) is 25.3 Å². The number of para-hydroxylation sites is 2. The fourth-order valence-corrected chi connectivity index (χ4v) is 2.75. The maximum absolute atomic E-state index is 12.3. The van der Waals surface area contributed by atoms with Crippen molar-refractivity contribution in [2.45, 2.75) is 6.42 Å². The largest absolute Gasteiger partial charge is 0.482 e. The van der Waals surface area contributed by atoms with Crippen LogP contribution in [0.5, 0.6) is 5.75 Å². The topological polar surface area (TPSA) is 93.9 Å². The molecular formula is C20H23N3O4. The highest BCUT2D eigenvalue weighted by Gasteiger charge is 2.18. The monoisotopic (exact) mass is 369 g/mol. The van der Waals surface area contributed by atoms with Gasteiger partial charge in [0.1, 0.15) is 5.75 Å². The lowest BCUT2D eigenvalue weighted by molar-refractivity contribution is -0.137. The number of rotatable bonds is 6. The normalized spacial score (nSPS) is 13.9. The number of hydrogen-bond donors (Lipinski definition) is 2. The van der Waals surface area contributed by atoms with Crippen molar-refractivity contribution >= 4 is 23.2 Å². The molecule has 0 unspecified atom stereocenters. The van der Waals surface area contributed by atoms with Gasteiger partial charge in [0.15, 0.2) is 6.61 Å². The van der Waals surface area contributed by atoms with Gasteiger partial charge < -0.3 is 25.4 Å². The Labute approximate surface area is 158 Å². The highest BCUT2D eigenvalue weighted by Crippen LogP contribution is 2.24. The molecule has 142 valence electrons. The minimum atomic E-state index is -0.171. The Morgan fingerprint density at radius 3 is 2.52 bits per heavy atom. The summed E-state index contributed by atoms with van der Waals surface area (Å²) in [5.41, 5.74) is 7.71. The maximum atomic E-state index is 12.3. The van der Waals surface area contributed by atoms with E-state index >= 15 is 0 Å². The van der Waals surface area contributed by atoms with E-state index in [1.165, 1.54) is 0 Å². The van der Waals surface area contributed by atoms with E-state index in [9.17, 15) is 9.59 Å². The molecule has 7 heteroatoms. The number of nitrogens with two attached hydrogens (primary N) is 1. The van der Waals surface area contributed by atoms with Crippen LogP contribution in [-0.4, -0.2) is 49.6 Å². The Bertz CT molecular complexity index is 786. The van der Waals surface area contributed by atoms with E-state index in [-0.39, 0.29) is 24.8 Å². The Balaban J connectivity index is 1.57. The molecule has 1 aliphatic rings. The molecule has 2 amide bonds. The van der Waals surface area contributed by atoms with Gasteiger partial charge in [0, 0.05) is 18.8 Å². The van der Waals surface area contributed by atoms with Gasteiger partial charge in [-0.15, -0.1) is 0 Å². The number of nitrogens with one attached hydrogen (secondary N) is 1. The number of nitrogens with zero attached hydrogens (tertiary/aromatic N) is 1. The molecule has 0 aliphatic carbocycles. The van der Waals surface area contributed by atoms with Gasteiger partial charge in [-0.3, -0.25) is 9.59 Å². The third kappa shape index (κ3) is 5.46. The van der Waals surface area contributed by atoms with Crippen LogP contribution in [0.1, 0.15) is 5.56 Å². The number of anilines is 2. The van der Waals surface area contributed by atoms with Crippen molar-refractivity contribution in [1.82, 2.24) is 4.90 Å². The molecule has 1 fully saturated rings. The second-order valence-corrected chi connectivity index (χ2v) is 6.24. The molecule has 2 aromatic rings. The summed E-state index contributed by atoms with van der Waals surface area (Å²) in [4.78, 5) is 26.3. The van der Waals surface area contributed by atoms with Crippen LogP contribution in [0, 0.1) is 0 Å². The first-order valence-corrected chi connectivity index (χ1v) is 8.83. The molecule has 3 N–H and O–H groups in total. The second kappa shape index (κ2) is 9.05. The molecule has 27 heavy (non-hydrogen) atoms. The first kappa shape index (κ1) is 18.7. The summed E-state index contributed by atoms with van der Waals surface area (Å²) < 4.78 is 10.9. The number of hydrogen-bond acceptors (Lipinski definition) is 5. The standard InChI is InChI=1S/C20H23N3O4/c21-16-7-5-15(6-8-16)13-19(24)22-17-3-1-2-4-18(17)27-14-20(25)23-9-11-26-12-10-23/h1-8H,9-14,21H2,(H,22,24). The number of benzene rings is 2. The van der Waals surface area contributed by atoms with Crippen molar-refractivity contribution < 1.29 is 19.1 Å². The third-order valence-electron chi connectivity index (χ3n) is 4.22. The van der Waals surface area contributed by atoms with Crippen molar-refractivity contribution in [2.24, 2.45) is 0 Å². The molecule has 1 saturated heterocycles. The Morgan fingerprint density at radius 2 is 1.78 bits per heavy atom. The number of morpholine rings is 1. The lowest BCUT2D eigenvalue weighted by Gasteiger charge is -2.26. The SMILES string of the molecule is Nc1ccc(CC(=O)Nc2ccccc2OCC(=O)N2CCOCC2)cc1. The molecule has 3 rings (SSSR count). The van der Waals surface area contributed by atoms with Gasteiger partial charge in [-0.05, 0) is 29.8 Å². The van der Waals surface area contributed by atoms with E-state index in [2.05, 4.69) is 5.32 Å². The molecule has 2 aromatic carbocycles. The Kier molecular flexibility index (Phi) is 6.27. The van der Waals surface area contributed by atoms with E-state index in [4.69, 9.17) is 15.2 Å². The fraction of sp³-hybridized carbons (Fsp3) is 0.300. The summed E-state index contributed by atoms with van der Waals surface area (Å²) in [6.45, 7) is 2.15. The molecule has 0 spiro atoms. The van der Waals surface area contributed by atoms with Gasteiger partial charge in [0.25, 0.3) is 5.91 Å². The van der Waals surface area contributed by atoms with Crippen molar-refractivity contribution in [1.29, 1.82) is 0 Å². The lowest BCUT2D eigenvalue weighted by atomic mass is 10.1. The Morgan fingerprint density at radius 1 is 1.07 bits per heavy atom. The van der Waals surface area contributed by atoms with Crippen LogP contribution in [-0.2, 0) is 20.7 Å². The van der Waals surface area contributed by atoms with Crippen LogP contribution >= 0.6 is 0 Å². The van der Waals surface area contributed by atoms with Gasteiger partial charge in [-0.25, -0.2) is 0 Å². The van der Waals surface area contributed by atoms with E-state index in [0.29, 0.717) is 43.4 Å². The summed E-state index contributed by atoms with van der Waals surface area (Å²) in [7, 11) is 0. The minimum absolute atomic E-state index is 0.0785. The Hall–Kier alpha value is -3.06. The molecule has 1 aliphatic heterocycles. The highest BCUT2D eigenvalue weighted by molar-refractivity contribution is 5.93. The van der Waals surface area contributed by atoms with Crippen LogP contribution < -0.4 is 15.8 Å². The summed E-state index contributed by atoms with van der Waals surface area (Å²) in [6, 6.07) is 14.2. The van der Waals surface area contributed by atoms with Crippen molar-refractivity contribution in [2.75, 3.05) is 44.0 Å². The van der Waals surface area contributed by atoms with Crippen LogP contribution in [0.15, 0.2) is 48.5 Å². The summed E-state index contributed by atoms with van der Waals surface area (Å²) in [6.07, 6.45) is 0.224.